The molecule has 1 aromatic heterocycles. The first-order valence-corrected chi connectivity index (χ1v) is 8.47. The molecular weight excluding hydrogens is 304 g/mol. The van der Waals surface area contributed by atoms with Crippen LogP contribution in [-0.2, 0) is 11.8 Å². The maximum absolute atomic E-state index is 12.9. The zero-order valence-electron chi connectivity index (χ0n) is 14.5. The van der Waals surface area contributed by atoms with E-state index in [0.717, 1.165) is 23.9 Å². The highest BCUT2D eigenvalue weighted by atomic mass is 16.2. The van der Waals surface area contributed by atoms with E-state index in [2.05, 4.69) is 10.3 Å². The zero-order valence-corrected chi connectivity index (χ0v) is 14.5. The molecule has 6 nitrogen and oxygen atoms in total. The average molecular weight is 328 g/mol. The maximum atomic E-state index is 12.9. The summed E-state index contributed by atoms with van der Waals surface area (Å²) in [6.07, 6.45) is 3.33. The predicted molar refractivity (Wildman–Crippen MR) is 92.6 cm³/mol. The van der Waals surface area contributed by atoms with E-state index in [9.17, 15) is 9.59 Å². The maximum Gasteiger partial charge on any atom is 0.256 e. The van der Waals surface area contributed by atoms with E-state index in [0.29, 0.717) is 18.7 Å². The molecule has 1 fully saturated rings. The molecule has 1 aliphatic rings. The Hall–Kier alpha value is -2.37. The molecule has 128 valence electrons. The zero-order chi connectivity index (χ0) is 17.3. The van der Waals surface area contributed by atoms with Crippen LogP contribution < -0.4 is 5.32 Å². The number of piperidine rings is 1. The SMILES string of the molecule is CC(C)C(=O)NC1CCN(C(=O)c2cccc3ncn(C)c23)CC1. The molecule has 0 bridgehead atoms. The quantitative estimate of drug-likeness (QED) is 0.936. The van der Waals surface area contributed by atoms with Gasteiger partial charge in [-0.3, -0.25) is 9.59 Å². The lowest BCUT2D eigenvalue weighted by Crippen LogP contribution is -2.47. The third-order valence-corrected chi connectivity index (χ3v) is 4.62. The minimum absolute atomic E-state index is 0.00731. The summed E-state index contributed by atoms with van der Waals surface area (Å²) in [7, 11) is 1.90. The van der Waals surface area contributed by atoms with Crippen LogP contribution >= 0.6 is 0 Å². The predicted octanol–water partition coefficient (Wildman–Crippen LogP) is 1.95. The first-order chi connectivity index (χ1) is 11.5. The normalized spacial score (nSPS) is 15.9. The number of para-hydroxylation sites is 1. The number of benzene rings is 1. The summed E-state index contributed by atoms with van der Waals surface area (Å²) in [6, 6.07) is 5.81. The summed E-state index contributed by atoms with van der Waals surface area (Å²) in [4.78, 5) is 30.9. The summed E-state index contributed by atoms with van der Waals surface area (Å²) in [6.45, 7) is 5.11. The summed E-state index contributed by atoms with van der Waals surface area (Å²) in [5.74, 6) is 0.115. The van der Waals surface area contributed by atoms with E-state index in [1.807, 2.05) is 48.6 Å². The van der Waals surface area contributed by atoms with Gasteiger partial charge in [-0.05, 0) is 25.0 Å². The van der Waals surface area contributed by atoms with Crippen molar-refractivity contribution in [3.05, 3.63) is 30.1 Å². The molecular formula is C18H24N4O2. The largest absolute Gasteiger partial charge is 0.353 e. The Labute approximate surface area is 141 Å². The Bertz CT molecular complexity index is 757. The van der Waals surface area contributed by atoms with Crippen LogP contribution in [0.2, 0.25) is 0 Å². The summed E-state index contributed by atoms with van der Waals surface area (Å²) in [5.41, 5.74) is 2.40. The standard InChI is InChI=1S/C18H24N4O2/c1-12(2)17(23)20-13-7-9-22(10-8-13)18(24)14-5-4-6-15-16(14)21(3)11-19-15/h4-6,11-13H,7-10H2,1-3H3,(H,20,23). The summed E-state index contributed by atoms with van der Waals surface area (Å²) in [5, 5.41) is 3.06. The third kappa shape index (κ3) is 3.13. The average Bonchev–Trinajstić information content (AvgIpc) is 2.96. The van der Waals surface area contributed by atoms with E-state index in [1.54, 1.807) is 6.33 Å². The molecule has 0 saturated carbocycles. The smallest absolute Gasteiger partial charge is 0.256 e. The minimum atomic E-state index is -0.00731. The number of likely N-dealkylation sites (tertiary alicyclic amines) is 1. The van der Waals surface area contributed by atoms with Crippen LogP contribution in [0.15, 0.2) is 24.5 Å². The number of fused-ring (bicyclic) bond motifs is 1. The Morgan fingerprint density at radius 1 is 1.25 bits per heavy atom. The molecule has 2 aromatic rings. The van der Waals surface area contributed by atoms with Gasteiger partial charge in [0.15, 0.2) is 0 Å². The summed E-state index contributed by atoms with van der Waals surface area (Å²) >= 11 is 0. The minimum Gasteiger partial charge on any atom is -0.353 e. The molecule has 0 radical (unpaired) electrons. The van der Waals surface area contributed by atoms with Gasteiger partial charge in [0.1, 0.15) is 0 Å². The lowest BCUT2D eigenvalue weighted by Gasteiger charge is -2.33. The molecule has 1 N–H and O–H groups in total. The molecule has 24 heavy (non-hydrogen) atoms. The van der Waals surface area contributed by atoms with Crippen molar-refractivity contribution in [1.29, 1.82) is 0 Å². The van der Waals surface area contributed by atoms with Crippen LogP contribution in [0.3, 0.4) is 0 Å². The van der Waals surface area contributed by atoms with E-state index in [1.165, 1.54) is 0 Å². The number of aromatic nitrogens is 2. The Morgan fingerprint density at radius 3 is 2.62 bits per heavy atom. The van der Waals surface area contributed by atoms with Crippen LogP contribution in [0, 0.1) is 5.92 Å². The highest BCUT2D eigenvalue weighted by Gasteiger charge is 2.26. The second kappa shape index (κ2) is 6.63. The number of hydrogen-bond donors (Lipinski definition) is 1. The lowest BCUT2D eigenvalue weighted by atomic mass is 10.0. The fraction of sp³-hybridized carbons (Fsp3) is 0.500. The molecule has 0 atom stereocenters. The topological polar surface area (TPSA) is 67.2 Å². The molecule has 3 rings (SSSR count). The van der Waals surface area contributed by atoms with Gasteiger partial charge in [-0.2, -0.15) is 0 Å². The number of nitrogens with one attached hydrogen (secondary N) is 1. The van der Waals surface area contributed by atoms with Crippen molar-refractivity contribution in [3.8, 4) is 0 Å². The van der Waals surface area contributed by atoms with Crippen molar-refractivity contribution < 1.29 is 9.59 Å². The van der Waals surface area contributed by atoms with Crippen molar-refractivity contribution in [2.75, 3.05) is 13.1 Å². The second-order valence-electron chi connectivity index (χ2n) is 6.76. The molecule has 0 unspecified atom stereocenters. The monoisotopic (exact) mass is 328 g/mol. The van der Waals surface area contributed by atoms with Gasteiger partial charge in [0.25, 0.3) is 5.91 Å². The molecule has 2 amide bonds. The highest BCUT2D eigenvalue weighted by molar-refractivity contribution is 6.05. The third-order valence-electron chi connectivity index (χ3n) is 4.62. The first kappa shape index (κ1) is 16.5. The van der Waals surface area contributed by atoms with Crippen molar-refractivity contribution in [2.24, 2.45) is 13.0 Å². The highest BCUT2D eigenvalue weighted by Crippen LogP contribution is 2.21. The number of carbonyl (C=O) groups is 2. The van der Waals surface area contributed by atoms with Gasteiger partial charge < -0.3 is 14.8 Å². The van der Waals surface area contributed by atoms with Crippen LogP contribution in [0.25, 0.3) is 11.0 Å². The van der Waals surface area contributed by atoms with Gasteiger partial charge in [0.05, 0.1) is 22.9 Å². The second-order valence-corrected chi connectivity index (χ2v) is 6.76. The van der Waals surface area contributed by atoms with E-state index >= 15 is 0 Å². The molecule has 1 saturated heterocycles. The van der Waals surface area contributed by atoms with Gasteiger partial charge in [-0.1, -0.05) is 19.9 Å². The van der Waals surface area contributed by atoms with Gasteiger partial charge >= 0.3 is 0 Å². The van der Waals surface area contributed by atoms with E-state index in [-0.39, 0.29) is 23.8 Å². The number of imidazole rings is 1. The molecule has 6 heteroatoms. The molecule has 0 aliphatic carbocycles. The number of hydrogen-bond acceptors (Lipinski definition) is 3. The van der Waals surface area contributed by atoms with Gasteiger partial charge in [-0.15, -0.1) is 0 Å². The van der Waals surface area contributed by atoms with Crippen LogP contribution in [0.4, 0.5) is 0 Å². The Morgan fingerprint density at radius 2 is 1.96 bits per heavy atom. The van der Waals surface area contributed by atoms with Gasteiger partial charge in [0.2, 0.25) is 5.91 Å². The van der Waals surface area contributed by atoms with Crippen LogP contribution in [0.5, 0.6) is 0 Å². The molecule has 1 aromatic carbocycles. The van der Waals surface area contributed by atoms with E-state index < -0.39 is 0 Å². The van der Waals surface area contributed by atoms with Crippen molar-refractivity contribution in [2.45, 2.75) is 32.7 Å². The van der Waals surface area contributed by atoms with Crippen LogP contribution in [0.1, 0.15) is 37.0 Å². The number of nitrogens with zero attached hydrogens (tertiary/aromatic N) is 3. The van der Waals surface area contributed by atoms with Crippen molar-refractivity contribution >= 4 is 22.8 Å². The number of amides is 2. The van der Waals surface area contributed by atoms with Crippen LogP contribution in [-0.4, -0.2) is 45.4 Å². The fourth-order valence-electron chi connectivity index (χ4n) is 3.15. The number of carbonyl (C=O) groups excluding carboxylic acids is 2. The first-order valence-electron chi connectivity index (χ1n) is 8.47. The summed E-state index contributed by atoms with van der Waals surface area (Å²) < 4.78 is 1.89. The molecule has 1 aliphatic heterocycles. The van der Waals surface area contributed by atoms with Gasteiger partial charge in [0, 0.05) is 32.1 Å². The molecule has 2 heterocycles. The fourth-order valence-corrected chi connectivity index (χ4v) is 3.15. The van der Waals surface area contributed by atoms with E-state index in [4.69, 9.17) is 0 Å². The number of aryl methyl sites for hydroxylation is 1. The van der Waals surface area contributed by atoms with Crippen molar-refractivity contribution in [3.63, 3.8) is 0 Å². The Balaban J connectivity index is 1.69. The lowest BCUT2D eigenvalue weighted by molar-refractivity contribution is -0.124. The number of rotatable bonds is 3. The van der Waals surface area contributed by atoms with Gasteiger partial charge in [-0.25, -0.2) is 4.98 Å². The Kier molecular flexibility index (Phi) is 4.55. The molecule has 0 spiro atoms. The van der Waals surface area contributed by atoms with Crippen molar-refractivity contribution in [1.82, 2.24) is 19.8 Å².